The second kappa shape index (κ2) is 6.48. The summed E-state index contributed by atoms with van der Waals surface area (Å²) in [6, 6.07) is 6.24. The van der Waals surface area contributed by atoms with Crippen LogP contribution in [0.5, 0.6) is 0 Å². The molecule has 4 N–H and O–H groups in total. The standard InChI is InChI=1S/C11H16N2O4S/c12-8-9-3-5-10(6-4-9)18(16,17)13-7-1-2-11(14)15/h3-6,13H,1-2,7-8,12H2,(H,14,15). The van der Waals surface area contributed by atoms with Crippen LogP contribution in [0.3, 0.4) is 0 Å². The van der Waals surface area contributed by atoms with Crippen molar-refractivity contribution in [3.05, 3.63) is 29.8 Å². The lowest BCUT2D eigenvalue weighted by molar-refractivity contribution is -0.137. The van der Waals surface area contributed by atoms with Crippen LogP contribution in [-0.4, -0.2) is 26.0 Å². The molecule has 0 aliphatic carbocycles. The van der Waals surface area contributed by atoms with Crippen molar-refractivity contribution in [2.75, 3.05) is 6.54 Å². The number of carbonyl (C=O) groups is 1. The maximum Gasteiger partial charge on any atom is 0.303 e. The smallest absolute Gasteiger partial charge is 0.303 e. The van der Waals surface area contributed by atoms with Gasteiger partial charge in [-0.25, -0.2) is 13.1 Å². The number of rotatable bonds is 7. The lowest BCUT2D eigenvalue weighted by atomic mass is 10.2. The zero-order valence-corrected chi connectivity index (χ0v) is 10.6. The van der Waals surface area contributed by atoms with E-state index in [1.807, 2.05) is 0 Å². The van der Waals surface area contributed by atoms with E-state index in [0.29, 0.717) is 6.54 Å². The first-order valence-electron chi connectivity index (χ1n) is 5.46. The molecule has 0 bridgehead atoms. The predicted molar refractivity (Wildman–Crippen MR) is 66.4 cm³/mol. The third-order valence-corrected chi connectivity index (χ3v) is 3.81. The van der Waals surface area contributed by atoms with Gasteiger partial charge in [-0.3, -0.25) is 4.79 Å². The summed E-state index contributed by atoms with van der Waals surface area (Å²) in [5, 5.41) is 8.43. The van der Waals surface area contributed by atoms with Crippen LogP contribution in [0.1, 0.15) is 18.4 Å². The molecule has 0 radical (unpaired) electrons. The molecule has 0 unspecified atom stereocenters. The van der Waals surface area contributed by atoms with Gasteiger partial charge in [0.15, 0.2) is 0 Å². The van der Waals surface area contributed by atoms with Gasteiger partial charge in [0.05, 0.1) is 4.90 Å². The van der Waals surface area contributed by atoms with E-state index >= 15 is 0 Å². The monoisotopic (exact) mass is 272 g/mol. The number of nitrogens with two attached hydrogens (primary N) is 1. The van der Waals surface area contributed by atoms with Crippen LogP contribution in [0.4, 0.5) is 0 Å². The van der Waals surface area contributed by atoms with E-state index in [4.69, 9.17) is 10.8 Å². The SMILES string of the molecule is NCc1ccc(S(=O)(=O)NCCCC(=O)O)cc1. The quantitative estimate of drug-likeness (QED) is 0.618. The molecule has 0 aliphatic heterocycles. The van der Waals surface area contributed by atoms with E-state index in [9.17, 15) is 13.2 Å². The fraction of sp³-hybridized carbons (Fsp3) is 0.364. The van der Waals surface area contributed by atoms with Crippen molar-refractivity contribution >= 4 is 16.0 Å². The number of hydrogen-bond acceptors (Lipinski definition) is 4. The minimum atomic E-state index is -3.57. The molecule has 1 aromatic rings. The van der Waals surface area contributed by atoms with Crippen molar-refractivity contribution in [1.29, 1.82) is 0 Å². The molecule has 0 aliphatic rings. The number of benzene rings is 1. The molecule has 1 aromatic carbocycles. The molecule has 1 rings (SSSR count). The number of carboxylic acid groups (broad SMARTS) is 1. The van der Waals surface area contributed by atoms with Crippen LogP contribution < -0.4 is 10.5 Å². The van der Waals surface area contributed by atoms with E-state index in [-0.39, 0.29) is 24.3 Å². The number of nitrogens with one attached hydrogen (secondary N) is 1. The molecule has 7 heteroatoms. The van der Waals surface area contributed by atoms with Gasteiger partial charge in [-0.05, 0) is 24.1 Å². The number of hydrogen-bond donors (Lipinski definition) is 3. The molecule has 0 aromatic heterocycles. The van der Waals surface area contributed by atoms with Gasteiger partial charge in [0.25, 0.3) is 0 Å². The van der Waals surface area contributed by atoms with Crippen LogP contribution in [0.15, 0.2) is 29.2 Å². The zero-order chi connectivity index (χ0) is 13.6. The lowest BCUT2D eigenvalue weighted by Gasteiger charge is -2.06. The second-order valence-corrected chi connectivity index (χ2v) is 5.51. The average molecular weight is 272 g/mol. The van der Waals surface area contributed by atoms with E-state index in [1.54, 1.807) is 12.1 Å². The van der Waals surface area contributed by atoms with Gasteiger partial charge in [-0.2, -0.15) is 0 Å². The summed E-state index contributed by atoms with van der Waals surface area (Å²) in [5.74, 6) is -0.943. The Labute approximate surface area is 106 Å². The van der Waals surface area contributed by atoms with Gasteiger partial charge in [0.1, 0.15) is 0 Å². The molecule has 0 spiro atoms. The van der Waals surface area contributed by atoms with Crippen LogP contribution in [0.2, 0.25) is 0 Å². The van der Waals surface area contributed by atoms with Gasteiger partial charge in [0.2, 0.25) is 10.0 Å². The summed E-state index contributed by atoms with van der Waals surface area (Å²) in [6.45, 7) is 0.458. The largest absolute Gasteiger partial charge is 0.481 e. The van der Waals surface area contributed by atoms with E-state index in [2.05, 4.69) is 4.72 Å². The fourth-order valence-corrected chi connectivity index (χ4v) is 2.41. The summed E-state index contributed by atoms with van der Waals surface area (Å²) in [6.07, 6.45) is 0.198. The molecule has 18 heavy (non-hydrogen) atoms. The average Bonchev–Trinajstić information content (AvgIpc) is 2.34. The minimum absolute atomic E-state index is 0.0609. The minimum Gasteiger partial charge on any atom is -0.481 e. The Bertz CT molecular complexity index is 496. The summed E-state index contributed by atoms with van der Waals surface area (Å²) >= 11 is 0. The molecule has 6 nitrogen and oxygen atoms in total. The van der Waals surface area contributed by atoms with E-state index in [1.165, 1.54) is 12.1 Å². The van der Waals surface area contributed by atoms with E-state index in [0.717, 1.165) is 5.56 Å². The summed E-state index contributed by atoms with van der Waals surface area (Å²) in [7, 11) is -3.57. The van der Waals surface area contributed by atoms with Crippen molar-refractivity contribution in [3.8, 4) is 0 Å². The third kappa shape index (κ3) is 4.44. The molecule has 0 fully saturated rings. The Morgan fingerprint density at radius 2 is 1.89 bits per heavy atom. The predicted octanol–water partition coefficient (Wildman–Crippen LogP) is 0.288. The highest BCUT2D eigenvalue weighted by molar-refractivity contribution is 7.89. The first kappa shape index (κ1) is 14.6. The first-order valence-corrected chi connectivity index (χ1v) is 6.94. The number of carboxylic acids is 1. The van der Waals surface area contributed by atoms with Gasteiger partial charge >= 0.3 is 5.97 Å². The topological polar surface area (TPSA) is 109 Å². The highest BCUT2D eigenvalue weighted by Crippen LogP contribution is 2.10. The highest BCUT2D eigenvalue weighted by Gasteiger charge is 2.12. The molecular formula is C11H16N2O4S. The normalized spacial score (nSPS) is 11.4. The fourth-order valence-electron chi connectivity index (χ4n) is 1.33. The van der Waals surface area contributed by atoms with Crippen molar-refractivity contribution in [3.63, 3.8) is 0 Å². The van der Waals surface area contributed by atoms with Crippen LogP contribution in [-0.2, 0) is 21.4 Å². The Balaban J connectivity index is 2.59. The third-order valence-electron chi connectivity index (χ3n) is 2.33. The van der Waals surface area contributed by atoms with Crippen molar-refractivity contribution in [1.82, 2.24) is 4.72 Å². The first-order chi connectivity index (χ1) is 8.45. The zero-order valence-electron chi connectivity index (χ0n) is 9.80. The van der Waals surface area contributed by atoms with Crippen molar-refractivity contribution < 1.29 is 18.3 Å². The van der Waals surface area contributed by atoms with Crippen molar-refractivity contribution in [2.45, 2.75) is 24.3 Å². The van der Waals surface area contributed by atoms with Gasteiger partial charge in [-0.15, -0.1) is 0 Å². The second-order valence-electron chi connectivity index (χ2n) is 3.74. The van der Waals surface area contributed by atoms with Crippen LogP contribution in [0, 0.1) is 0 Å². The van der Waals surface area contributed by atoms with Gasteiger partial charge in [-0.1, -0.05) is 12.1 Å². The Morgan fingerprint density at radius 3 is 2.39 bits per heavy atom. The van der Waals surface area contributed by atoms with E-state index < -0.39 is 16.0 Å². The molecule has 0 heterocycles. The lowest BCUT2D eigenvalue weighted by Crippen LogP contribution is -2.25. The maximum atomic E-state index is 11.8. The Hall–Kier alpha value is -1.44. The highest BCUT2D eigenvalue weighted by atomic mass is 32.2. The summed E-state index contributed by atoms with van der Waals surface area (Å²) in [5.41, 5.74) is 6.26. The van der Waals surface area contributed by atoms with Crippen LogP contribution in [0.25, 0.3) is 0 Å². The summed E-state index contributed by atoms with van der Waals surface area (Å²) < 4.78 is 25.9. The Kier molecular flexibility index (Phi) is 5.26. The Morgan fingerprint density at radius 1 is 1.28 bits per heavy atom. The molecular weight excluding hydrogens is 256 g/mol. The molecule has 0 amide bonds. The maximum absolute atomic E-state index is 11.8. The van der Waals surface area contributed by atoms with Gasteiger partial charge in [0, 0.05) is 19.5 Å². The van der Waals surface area contributed by atoms with Crippen molar-refractivity contribution in [2.24, 2.45) is 5.73 Å². The van der Waals surface area contributed by atoms with Crippen LogP contribution >= 0.6 is 0 Å². The molecule has 0 atom stereocenters. The van der Waals surface area contributed by atoms with Gasteiger partial charge < -0.3 is 10.8 Å². The molecule has 100 valence electrons. The molecule has 0 saturated carbocycles. The molecule has 0 saturated heterocycles. The summed E-state index contributed by atoms with van der Waals surface area (Å²) in [4.78, 5) is 10.4. The number of aliphatic carboxylic acids is 1. The number of sulfonamides is 1.